The highest BCUT2D eigenvalue weighted by atomic mass is 35.5. The summed E-state index contributed by atoms with van der Waals surface area (Å²) in [5.74, 6) is 0.958. The molecule has 1 atom stereocenters. The van der Waals surface area contributed by atoms with Gasteiger partial charge in [-0.05, 0) is 32.2 Å². The normalized spacial score (nSPS) is 21.1. The highest BCUT2D eigenvalue weighted by Gasteiger charge is 2.31. The largest absolute Gasteiger partial charge is 0.337 e. The van der Waals surface area contributed by atoms with Gasteiger partial charge in [0.25, 0.3) is 10.0 Å². The lowest BCUT2D eigenvalue weighted by Gasteiger charge is -2.30. The van der Waals surface area contributed by atoms with Gasteiger partial charge in [0.15, 0.2) is 5.03 Å². The summed E-state index contributed by atoms with van der Waals surface area (Å²) in [5.41, 5.74) is 5.63. The van der Waals surface area contributed by atoms with E-state index in [4.69, 9.17) is 5.73 Å². The topological polar surface area (TPSA) is 81.2 Å². The van der Waals surface area contributed by atoms with Gasteiger partial charge < -0.3 is 10.3 Å². The number of piperidine rings is 1. The monoisotopic (exact) mass is 308 g/mol. The summed E-state index contributed by atoms with van der Waals surface area (Å²) in [5, 5.41) is 0.139. The van der Waals surface area contributed by atoms with E-state index >= 15 is 0 Å². The molecule has 8 heteroatoms. The highest BCUT2D eigenvalue weighted by molar-refractivity contribution is 7.89. The van der Waals surface area contributed by atoms with Gasteiger partial charge in [0, 0.05) is 26.3 Å². The van der Waals surface area contributed by atoms with Crippen LogP contribution in [-0.4, -0.2) is 41.9 Å². The second-order valence-corrected chi connectivity index (χ2v) is 6.73. The first-order valence-corrected chi connectivity index (χ1v) is 7.59. The van der Waals surface area contributed by atoms with Crippen LogP contribution in [0.3, 0.4) is 0 Å². The summed E-state index contributed by atoms with van der Waals surface area (Å²) in [6, 6.07) is 0. The number of rotatable bonds is 3. The van der Waals surface area contributed by atoms with E-state index in [2.05, 4.69) is 4.98 Å². The van der Waals surface area contributed by atoms with Crippen LogP contribution in [0.5, 0.6) is 0 Å². The van der Waals surface area contributed by atoms with Crippen molar-refractivity contribution in [3.63, 3.8) is 0 Å². The predicted molar refractivity (Wildman–Crippen MR) is 75.7 cm³/mol. The van der Waals surface area contributed by atoms with Gasteiger partial charge in [-0.15, -0.1) is 12.4 Å². The second kappa shape index (κ2) is 6.21. The van der Waals surface area contributed by atoms with Crippen LogP contribution in [-0.2, 0) is 17.1 Å². The van der Waals surface area contributed by atoms with Gasteiger partial charge in [0.05, 0.1) is 0 Å². The minimum absolute atomic E-state index is 0. The third kappa shape index (κ3) is 3.28. The molecule has 0 bridgehead atoms. The van der Waals surface area contributed by atoms with Crippen molar-refractivity contribution in [1.82, 2.24) is 13.9 Å². The molecule has 2 heterocycles. The summed E-state index contributed by atoms with van der Waals surface area (Å²) in [6.45, 7) is 3.40. The first-order valence-electron chi connectivity index (χ1n) is 6.15. The number of aryl methyl sites for hydroxylation is 2. The molecule has 2 rings (SSSR count). The number of aromatic nitrogens is 2. The van der Waals surface area contributed by atoms with Crippen molar-refractivity contribution >= 4 is 22.4 Å². The summed E-state index contributed by atoms with van der Waals surface area (Å²) in [6.07, 6.45) is 3.44. The zero-order chi connectivity index (χ0) is 13.3. The lowest BCUT2D eigenvalue weighted by molar-refractivity contribution is 0.271. The summed E-state index contributed by atoms with van der Waals surface area (Å²) < 4.78 is 28.1. The standard InChI is InChI=1S/C11H20N4O2S.ClH/c1-9-13-11(8-14(9)2)18(16,17)15-5-3-4-10(6-12)7-15;/h8,10H,3-7,12H2,1-2H3;1H. The van der Waals surface area contributed by atoms with Crippen molar-refractivity contribution in [1.29, 1.82) is 0 Å². The van der Waals surface area contributed by atoms with Gasteiger partial charge >= 0.3 is 0 Å². The molecule has 0 aromatic carbocycles. The molecule has 1 aromatic rings. The quantitative estimate of drug-likeness (QED) is 0.882. The van der Waals surface area contributed by atoms with Crippen molar-refractivity contribution < 1.29 is 8.42 Å². The third-order valence-corrected chi connectivity index (χ3v) is 5.24. The fraction of sp³-hybridized carbons (Fsp3) is 0.727. The molecular formula is C11H21ClN4O2S. The molecule has 2 N–H and O–H groups in total. The van der Waals surface area contributed by atoms with Crippen LogP contribution in [0.25, 0.3) is 0 Å². The van der Waals surface area contributed by atoms with Gasteiger partial charge in [0.1, 0.15) is 5.82 Å². The molecule has 110 valence electrons. The Morgan fingerprint density at radius 1 is 1.53 bits per heavy atom. The average molecular weight is 309 g/mol. The van der Waals surface area contributed by atoms with Gasteiger partial charge in [-0.1, -0.05) is 0 Å². The number of hydrogen-bond donors (Lipinski definition) is 1. The molecule has 6 nitrogen and oxygen atoms in total. The van der Waals surface area contributed by atoms with E-state index in [1.807, 2.05) is 0 Å². The highest BCUT2D eigenvalue weighted by Crippen LogP contribution is 2.22. The van der Waals surface area contributed by atoms with Crippen LogP contribution in [0, 0.1) is 12.8 Å². The van der Waals surface area contributed by atoms with E-state index in [1.54, 1.807) is 24.7 Å². The van der Waals surface area contributed by atoms with E-state index in [-0.39, 0.29) is 23.4 Å². The molecule has 1 fully saturated rings. The predicted octanol–water partition coefficient (Wildman–Crippen LogP) is 0.510. The Morgan fingerprint density at radius 3 is 2.74 bits per heavy atom. The van der Waals surface area contributed by atoms with E-state index in [9.17, 15) is 8.42 Å². The van der Waals surface area contributed by atoms with Crippen molar-refractivity contribution in [2.75, 3.05) is 19.6 Å². The molecule has 19 heavy (non-hydrogen) atoms. The van der Waals surface area contributed by atoms with Gasteiger partial charge in [0.2, 0.25) is 0 Å². The molecule has 0 amide bonds. The number of imidazole rings is 1. The first-order chi connectivity index (χ1) is 8.45. The third-order valence-electron chi connectivity index (χ3n) is 3.51. The molecule has 1 aromatic heterocycles. The molecule has 0 aliphatic carbocycles. The van der Waals surface area contributed by atoms with E-state index in [1.165, 1.54) is 4.31 Å². The zero-order valence-corrected chi connectivity index (χ0v) is 12.9. The maximum Gasteiger partial charge on any atom is 0.262 e. The summed E-state index contributed by atoms with van der Waals surface area (Å²) in [7, 11) is -1.67. The SMILES string of the molecule is Cc1nc(S(=O)(=O)N2CCCC(CN)C2)cn1C.Cl. The Kier molecular flexibility index (Phi) is 5.37. The Labute approximate surface area is 120 Å². The summed E-state index contributed by atoms with van der Waals surface area (Å²) >= 11 is 0. The Bertz CT molecular complexity index is 509. The van der Waals surface area contributed by atoms with Crippen LogP contribution in [0.4, 0.5) is 0 Å². The molecule has 0 spiro atoms. The van der Waals surface area contributed by atoms with Crippen LogP contribution in [0.15, 0.2) is 11.2 Å². The number of nitrogens with zero attached hydrogens (tertiary/aromatic N) is 3. The maximum absolute atomic E-state index is 12.4. The van der Waals surface area contributed by atoms with Crippen molar-refractivity contribution in [2.45, 2.75) is 24.8 Å². The van der Waals surface area contributed by atoms with Crippen LogP contribution in [0.2, 0.25) is 0 Å². The van der Waals surface area contributed by atoms with Crippen LogP contribution >= 0.6 is 12.4 Å². The van der Waals surface area contributed by atoms with Crippen molar-refractivity contribution in [3.05, 3.63) is 12.0 Å². The van der Waals surface area contributed by atoms with Gasteiger partial charge in [-0.3, -0.25) is 0 Å². The Hall–Kier alpha value is -0.630. The van der Waals surface area contributed by atoms with Gasteiger partial charge in [-0.25, -0.2) is 13.4 Å². The van der Waals surface area contributed by atoms with E-state index < -0.39 is 10.0 Å². The molecule has 1 aliphatic heterocycles. The first kappa shape index (κ1) is 16.4. The zero-order valence-electron chi connectivity index (χ0n) is 11.2. The number of hydrogen-bond acceptors (Lipinski definition) is 4. The molecule has 1 aliphatic rings. The maximum atomic E-state index is 12.4. The second-order valence-electron chi connectivity index (χ2n) is 4.84. The molecule has 1 saturated heterocycles. The van der Waals surface area contributed by atoms with E-state index in [0.717, 1.165) is 12.8 Å². The average Bonchev–Trinajstić information content (AvgIpc) is 2.70. The molecule has 0 radical (unpaired) electrons. The van der Waals surface area contributed by atoms with Crippen molar-refractivity contribution in [2.24, 2.45) is 18.7 Å². The Morgan fingerprint density at radius 2 is 2.21 bits per heavy atom. The molecular weight excluding hydrogens is 288 g/mol. The Balaban J connectivity index is 0.00000180. The molecule has 1 unspecified atom stereocenters. The lowest BCUT2D eigenvalue weighted by Crippen LogP contribution is -2.42. The summed E-state index contributed by atoms with van der Waals surface area (Å²) in [4.78, 5) is 4.11. The van der Waals surface area contributed by atoms with Gasteiger partial charge in [-0.2, -0.15) is 4.31 Å². The van der Waals surface area contributed by atoms with Crippen molar-refractivity contribution in [3.8, 4) is 0 Å². The molecule has 0 saturated carbocycles. The lowest BCUT2D eigenvalue weighted by atomic mass is 10.0. The van der Waals surface area contributed by atoms with Crippen LogP contribution in [0.1, 0.15) is 18.7 Å². The number of sulfonamides is 1. The smallest absolute Gasteiger partial charge is 0.262 e. The fourth-order valence-electron chi connectivity index (χ4n) is 2.22. The minimum Gasteiger partial charge on any atom is -0.337 e. The number of nitrogens with two attached hydrogens (primary N) is 1. The fourth-order valence-corrected chi connectivity index (χ4v) is 3.80. The minimum atomic E-state index is -3.46. The van der Waals surface area contributed by atoms with Crippen LogP contribution < -0.4 is 5.73 Å². The van der Waals surface area contributed by atoms with E-state index in [0.29, 0.717) is 25.5 Å². The number of halogens is 1.